The molecule has 7 nitrogen and oxygen atoms in total. The first kappa shape index (κ1) is 14.0. The zero-order valence-corrected chi connectivity index (χ0v) is 11.7. The summed E-state index contributed by atoms with van der Waals surface area (Å²) in [7, 11) is 3.15. The van der Waals surface area contributed by atoms with Crippen molar-refractivity contribution in [3.8, 4) is 0 Å². The second-order valence-corrected chi connectivity index (χ2v) is 4.53. The Hall–Kier alpha value is -2.44. The summed E-state index contributed by atoms with van der Waals surface area (Å²) in [4.78, 5) is 29.2. The van der Waals surface area contributed by atoms with Crippen molar-refractivity contribution in [2.75, 3.05) is 14.1 Å². The van der Waals surface area contributed by atoms with E-state index in [0.717, 1.165) is 11.0 Å². The van der Waals surface area contributed by atoms with Crippen molar-refractivity contribution < 1.29 is 9.59 Å². The second kappa shape index (κ2) is 5.68. The molecule has 2 rings (SSSR count). The van der Waals surface area contributed by atoms with Crippen LogP contribution in [0.4, 0.5) is 0 Å². The standard InChI is InChI=1S/C13H17N5O2/c1-9(13(20)14-2)17(3)12(19)8-18-7-11-10(16-18)5-4-6-15-11/h4-7,9H,8H2,1-3H3,(H,14,20)/t9-/m0/s1. The van der Waals surface area contributed by atoms with Gasteiger partial charge in [-0.15, -0.1) is 0 Å². The van der Waals surface area contributed by atoms with E-state index in [1.165, 1.54) is 9.58 Å². The predicted octanol–water partition coefficient (Wildman–Crippen LogP) is 0.0242. The number of likely N-dealkylation sites (N-methyl/N-ethyl adjacent to an activating group) is 2. The summed E-state index contributed by atoms with van der Waals surface area (Å²) in [5.41, 5.74) is 1.48. The van der Waals surface area contributed by atoms with E-state index in [2.05, 4.69) is 15.4 Å². The fourth-order valence-corrected chi connectivity index (χ4v) is 1.83. The van der Waals surface area contributed by atoms with Crippen LogP contribution in [0.25, 0.3) is 11.0 Å². The summed E-state index contributed by atoms with van der Waals surface area (Å²) in [6.07, 6.45) is 3.39. The molecule has 0 bridgehead atoms. The number of fused-ring (bicyclic) bond motifs is 1. The van der Waals surface area contributed by atoms with Gasteiger partial charge in [0.1, 0.15) is 23.6 Å². The van der Waals surface area contributed by atoms with Crippen molar-refractivity contribution in [3.63, 3.8) is 0 Å². The molecule has 2 heterocycles. The predicted molar refractivity (Wildman–Crippen MR) is 73.8 cm³/mol. The van der Waals surface area contributed by atoms with Crippen molar-refractivity contribution >= 4 is 22.8 Å². The van der Waals surface area contributed by atoms with Crippen LogP contribution in [-0.2, 0) is 16.1 Å². The van der Waals surface area contributed by atoms with Gasteiger partial charge in [-0.1, -0.05) is 0 Å². The van der Waals surface area contributed by atoms with Gasteiger partial charge in [-0.05, 0) is 19.1 Å². The highest BCUT2D eigenvalue weighted by Crippen LogP contribution is 2.08. The average Bonchev–Trinajstić information content (AvgIpc) is 2.86. The van der Waals surface area contributed by atoms with E-state index < -0.39 is 6.04 Å². The SMILES string of the molecule is CNC(=O)[C@H](C)N(C)C(=O)Cn1cc2ncccc2n1. The number of hydrogen-bond donors (Lipinski definition) is 1. The minimum absolute atomic E-state index is 0.0776. The first-order chi connectivity index (χ1) is 9.52. The number of pyridine rings is 1. The van der Waals surface area contributed by atoms with E-state index in [-0.39, 0.29) is 18.4 Å². The molecule has 0 aliphatic rings. The largest absolute Gasteiger partial charge is 0.357 e. The molecule has 0 saturated heterocycles. The molecule has 2 aromatic rings. The molecule has 0 saturated carbocycles. The van der Waals surface area contributed by atoms with Gasteiger partial charge in [0.2, 0.25) is 11.8 Å². The Morgan fingerprint density at radius 3 is 2.85 bits per heavy atom. The first-order valence-corrected chi connectivity index (χ1v) is 6.28. The molecule has 0 fully saturated rings. The number of aromatic nitrogens is 3. The molecule has 0 aliphatic heterocycles. The van der Waals surface area contributed by atoms with Crippen LogP contribution in [0.2, 0.25) is 0 Å². The third-order valence-corrected chi connectivity index (χ3v) is 3.22. The Morgan fingerprint density at radius 2 is 2.20 bits per heavy atom. The van der Waals surface area contributed by atoms with Gasteiger partial charge >= 0.3 is 0 Å². The van der Waals surface area contributed by atoms with E-state index in [4.69, 9.17) is 0 Å². The monoisotopic (exact) mass is 275 g/mol. The van der Waals surface area contributed by atoms with Crippen molar-refractivity contribution in [1.82, 2.24) is 25.0 Å². The normalized spacial score (nSPS) is 12.2. The molecule has 0 aromatic carbocycles. The zero-order chi connectivity index (χ0) is 14.7. The number of hydrogen-bond acceptors (Lipinski definition) is 4. The number of rotatable bonds is 4. The number of nitrogens with zero attached hydrogens (tertiary/aromatic N) is 4. The Balaban J connectivity index is 2.09. The molecule has 0 radical (unpaired) electrons. The van der Waals surface area contributed by atoms with E-state index in [9.17, 15) is 9.59 Å². The van der Waals surface area contributed by atoms with Crippen LogP contribution in [0.1, 0.15) is 6.92 Å². The van der Waals surface area contributed by atoms with E-state index in [0.29, 0.717) is 0 Å². The summed E-state index contributed by atoms with van der Waals surface area (Å²) < 4.78 is 1.53. The third-order valence-electron chi connectivity index (χ3n) is 3.22. The molecule has 2 aromatic heterocycles. The lowest BCUT2D eigenvalue weighted by atomic mass is 10.2. The highest BCUT2D eigenvalue weighted by molar-refractivity contribution is 5.87. The fraction of sp³-hybridized carbons (Fsp3) is 0.385. The van der Waals surface area contributed by atoms with Crippen LogP contribution in [0, 0.1) is 0 Å². The molecule has 0 spiro atoms. The van der Waals surface area contributed by atoms with Gasteiger partial charge in [0.25, 0.3) is 0 Å². The fourth-order valence-electron chi connectivity index (χ4n) is 1.83. The lowest BCUT2D eigenvalue weighted by molar-refractivity contribution is -0.138. The van der Waals surface area contributed by atoms with Crippen LogP contribution in [0.15, 0.2) is 24.5 Å². The first-order valence-electron chi connectivity index (χ1n) is 6.28. The Labute approximate surface area is 116 Å². The minimum Gasteiger partial charge on any atom is -0.357 e. The highest BCUT2D eigenvalue weighted by Gasteiger charge is 2.21. The summed E-state index contributed by atoms with van der Waals surface area (Å²) >= 11 is 0. The Bertz CT molecular complexity index is 603. The maximum Gasteiger partial charge on any atom is 0.244 e. The topological polar surface area (TPSA) is 80.1 Å². The number of nitrogens with one attached hydrogen (secondary N) is 1. The zero-order valence-electron chi connectivity index (χ0n) is 11.7. The van der Waals surface area contributed by atoms with Crippen LogP contribution in [0.3, 0.4) is 0 Å². The quantitative estimate of drug-likeness (QED) is 0.853. The number of carbonyl (C=O) groups is 2. The lowest BCUT2D eigenvalue weighted by Crippen LogP contribution is -2.45. The van der Waals surface area contributed by atoms with Gasteiger partial charge in [0, 0.05) is 20.3 Å². The Morgan fingerprint density at radius 1 is 1.45 bits per heavy atom. The summed E-state index contributed by atoms with van der Waals surface area (Å²) in [5.74, 6) is -0.387. The summed E-state index contributed by atoms with van der Waals surface area (Å²) in [6, 6.07) is 3.11. The van der Waals surface area contributed by atoms with Gasteiger partial charge in [0.05, 0.1) is 6.20 Å². The second-order valence-electron chi connectivity index (χ2n) is 4.53. The minimum atomic E-state index is -0.518. The van der Waals surface area contributed by atoms with Crippen molar-refractivity contribution in [2.45, 2.75) is 19.5 Å². The van der Waals surface area contributed by atoms with Crippen molar-refractivity contribution in [1.29, 1.82) is 0 Å². The maximum absolute atomic E-state index is 12.1. The molecule has 2 amide bonds. The Kier molecular flexibility index (Phi) is 3.97. The lowest BCUT2D eigenvalue weighted by Gasteiger charge is -2.23. The summed E-state index contributed by atoms with van der Waals surface area (Å²) in [5, 5.41) is 6.79. The molecule has 1 N–H and O–H groups in total. The summed E-state index contributed by atoms with van der Waals surface area (Å²) in [6.45, 7) is 1.76. The maximum atomic E-state index is 12.1. The molecule has 106 valence electrons. The van der Waals surface area contributed by atoms with E-state index in [1.54, 1.807) is 39.5 Å². The average molecular weight is 275 g/mol. The smallest absolute Gasteiger partial charge is 0.244 e. The number of carbonyl (C=O) groups excluding carboxylic acids is 2. The van der Waals surface area contributed by atoms with Crippen LogP contribution >= 0.6 is 0 Å². The molecule has 7 heteroatoms. The van der Waals surface area contributed by atoms with Gasteiger partial charge in [-0.3, -0.25) is 19.3 Å². The molecular formula is C13H17N5O2. The van der Waals surface area contributed by atoms with E-state index in [1.807, 2.05) is 6.07 Å². The van der Waals surface area contributed by atoms with Gasteiger partial charge in [-0.25, -0.2) is 0 Å². The third kappa shape index (κ3) is 2.76. The van der Waals surface area contributed by atoms with Gasteiger partial charge in [0.15, 0.2) is 0 Å². The van der Waals surface area contributed by atoms with Crippen molar-refractivity contribution in [2.24, 2.45) is 0 Å². The molecule has 0 unspecified atom stereocenters. The van der Waals surface area contributed by atoms with Crippen LogP contribution < -0.4 is 5.32 Å². The van der Waals surface area contributed by atoms with Gasteiger partial charge < -0.3 is 10.2 Å². The van der Waals surface area contributed by atoms with Crippen LogP contribution in [-0.4, -0.2) is 51.6 Å². The molecule has 0 aliphatic carbocycles. The van der Waals surface area contributed by atoms with E-state index >= 15 is 0 Å². The highest BCUT2D eigenvalue weighted by atomic mass is 16.2. The van der Waals surface area contributed by atoms with Crippen LogP contribution in [0.5, 0.6) is 0 Å². The molecule has 1 atom stereocenters. The molecule has 20 heavy (non-hydrogen) atoms. The van der Waals surface area contributed by atoms with Crippen molar-refractivity contribution in [3.05, 3.63) is 24.5 Å². The molecular weight excluding hydrogens is 258 g/mol. The van der Waals surface area contributed by atoms with Gasteiger partial charge in [-0.2, -0.15) is 5.10 Å². The number of amides is 2.